The molecule has 1 aromatic carbocycles. The molecule has 2 N–H and O–H groups in total. The number of rotatable bonds is 9. The molecular formula is C24H33ClN2O2S. The van der Waals surface area contributed by atoms with Gasteiger partial charge < -0.3 is 10.6 Å². The summed E-state index contributed by atoms with van der Waals surface area (Å²) >= 11 is 7.83. The fourth-order valence-corrected chi connectivity index (χ4v) is 7.25. The maximum atomic E-state index is 12.9. The number of amides is 2. The van der Waals surface area contributed by atoms with E-state index in [0.717, 1.165) is 29.9 Å². The summed E-state index contributed by atoms with van der Waals surface area (Å²) in [7, 11) is 0. The van der Waals surface area contributed by atoms with Crippen LogP contribution in [-0.2, 0) is 4.79 Å². The third-order valence-electron chi connectivity index (χ3n) is 7.47. The predicted octanol–water partition coefficient (Wildman–Crippen LogP) is 4.91. The van der Waals surface area contributed by atoms with Gasteiger partial charge in [0.05, 0.1) is 10.6 Å². The highest BCUT2D eigenvalue weighted by atomic mass is 35.5. The summed E-state index contributed by atoms with van der Waals surface area (Å²) in [6.45, 7) is 0.711. The topological polar surface area (TPSA) is 58.2 Å². The minimum absolute atomic E-state index is 0.0748. The summed E-state index contributed by atoms with van der Waals surface area (Å²) in [6, 6.07) is 6.43. The first-order valence-corrected chi connectivity index (χ1v) is 13.1. The number of benzene rings is 1. The van der Waals surface area contributed by atoms with E-state index in [1.54, 1.807) is 36.0 Å². The third kappa shape index (κ3) is 4.99. The first-order valence-electron chi connectivity index (χ1n) is 11.3. The summed E-state index contributed by atoms with van der Waals surface area (Å²) in [6.07, 6.45) is 12.1. The molecule has 4 aliphatic rings. The number of carbonyl (C=O) groups is 2. The molecule has 1 aromatic rings. The van der Waals surface area contributed by atoms with Gasteiger partial charge >= 0.3 is 0 Å². The second-order valence-electron chi connectivity index (χ2n) is 9.75. The van der Waals surface area contributed by atoms with Crippen molar-refractivity contribution in [2.75, 3.05) is 18.6 Å². The van der Waals surface area contributed by atoms with Gasteiger partial charge in [-0.25, -0.2) is 0 Å². The maximum absolute atomic E-state index is 12.9. The molecule has 0 heterocycles. The van der Waals surface area contributed by atoms with E-state index >= 15 is 0 Å². The maximum Gasteiger partial charge on any atom is 0.253 e. The van der Waals surface area contributed by atoms with E-state index in [-0.39, 0.29) is 11.8 Å². The average molecular weight is 449 g/mol. The van der Waals surface area contributed by atoms with Crippen LogP contribution in [0.1, 0.15) is 61.7 Å². The van der Waals surface area contributed by atoms with E-state index in [2.05, 4.69) is 10.6 Å². The number of hydrogen-bond acceptors (Lipinski definition) is 3. The lowest BCUT2D eigenvalue weighted by Crippen LogP contribution is -2.50. The van der Waals surface area contributed by atoms with Gasteiger partial charge in [-0.15, -0.1) is 0 Å². The van der Waals surface area contributed by atoms with Gasteiger partial charge in [-0.05, 0) is 98.7 Å². The average Bonchev–Trinajstić information content (AvgIpc) is 2.70. The van der Waals surface area contributed by atoms with Gasteiger partial charge in [-0.2, -0.15) is 11.8 Å². The Morgan fingerprint density at radius 3 is 2.37 bits per heavy atom. The minimum atomic E-state index is -0.530. The number of thioether (sulfide) groups is 1. The Kier molecular flexibility index (Phi) is 6.98. The van der Waals surface area contributed by atoms with Crippen molar-refractivity contribution in [2.24, 2.45) is 23.2 Å². The van der Waals surface area contributed by atoms with E-state index in [9.17, 15) is 9.59 Å². The fourth-order valence-electron chi connectivity index (χ4n) is 6.56. The van der Waals surface area contributed by atoms with Crippen LogP contribution in [0.5, 0.6) is 0 Å². The Hall–Kier alpha value is -1.20. The van der Waals surface area contributed by atoms with E-state index in [1.807, 2.05) is 6.26 Å². The number of nitrogens with one attached hydrogen (secondary N) is 2. The monoisotopic (exact) mass is 448 g/mol. The lowest BCUT2D eigenvalue weighted by Gasteiger charge is -2.57. The first-order chi connectivity index (χ1) is 14.5. The van der Waals surface area contributed by atoms with Crippen LogP contribution in [0.25, 0.3) is 0 Å². The molecule has 0 radical (unpaired) electrons. The normalized spacial score (nSPS) is 30.1. The molecule has 6 heteroatoms. The van der Waals surface area contributed by atoms with E-state index < -0.39 is 6.04 Å². The van der Waals surface area contributed by atoms with Gasteiger partial charge in [-0.1, -0.05) is 23.7 Å². The largest absolute Gasteiger partial charge is 0.354 e. The Balaban J connectivity index is 1.32. The van der Waals surface area contributed by atoms with Crippen LogP contribution in [0.3, 0.4) is 0 Å². The van der Waals surface area contributed by atoms with Crippen LogP contribution < -0.4 is 10.6 Å². The van der Waals surface area contributed by atoms with Crippen molar-refractivity contribution in [3.05, 3.63) is 34.9 Å². The van der Waals surface area contributed by atoms with Gasteiger partial charge in [0.1, 0.15) is 6.04 Å². The van der Waals surface area contributed by atoms with Gasteiger partial charge in [0.15, 0.2) is 0 Å². The van der Waals surface area contributed by atoms with Crippen LogP contribution in [0, 0.1) is 23.2 Å². The number of halogens is 1. The molecule has 4 nitrogen and oxygen atoms in total. The second kappa shape index (κ2) is 9.52. The molecule has 1 unspecified atom stereocenters. The summed E-state index contributed by atoms with van der Waals surface area (Å²) in [5, 5.41) is 6.45. The lowest BCUT2D eigenvalue weighted by atomic mass is 9.49. The van der Waals surface area contributed by atoms with Gasteiger partial charge in [0.25, 0.3) is 5.91 Å². The molecule has 164 valence electrons. The SMILES string of the molecule is CSCCC(NC(=O)c1ccccc1Cl)C(=O)NCCC12CC3CC(CC(C3)C1)C2. The van der Waals surface area contributed by atoms with Crippen LogP contribution in [0.4, 0.5) is 0 Å². The molecule has 5 rings (SSSR count). The molecule has 2 amide bonds. The molecule has 0 aromatic heterocycles. The van der Waals surface area contributed by atoms with Crippen molar-refractivity contribution >= 4 is 35.2 Å². The highest BCUT2D eigenvalue weighted by Gasteiger charge is 2.50. The lowest BCUT2D eigenvalue weighted by molar-refractivity contribution is -0.123. The quantitative estimate of drug-likeness (QED) is 0.564. The van der Waals surface area contributed by atoms with Crippen molar-refractivity contribution in [3.63, 3.8) is 0 Å². The molecular weight excluding hydrogens is 416 g/mol. The zero-order valence-corrected chi connectivity index (χ0v) is 19.4. The molecule has 30 heavy (non-hydrogen) atoms. The summed E-state index contributed by atoms with van der Waals surface area (Å²) in [4.78, 5) is 25.6. The first kappa shape index (κ1) is 22.0. The standard InChI is InChI=1S/C24H33ClN2O2S/c1-30-9-6-21(27-22(28)19-4-2-3-5-20(19)25)23(29)26-8-7-24-13-16-10-17(14-24)12-18(11-16)15-24/h2-5,16-18,21H,6-15H2,1H3,(H,26,29)(H,27,28). The van der Waals surface area contributed by atoms with E-state index in [1.165, 1.54) is 38.5 Å². The number of carbonyl (C=O) groups excluding carboxylic acids is 2. The van der Waals surface area contributed by atoms with Crippen molar-refractivity contribution in [1.82, 2.24) is 10.6 Å². The van der Waals surface area contributed by atoms with Crippen molar-refractivity contribution in [1.29, 1.82) is 0 Å². The van der Waals surface area contributed by atoms with Crippen molar-refractivity contribution in [2.45, 2.75) is 57.4 Å². The van der Waals surface area contributed by atoms with Gasteiger partial charge in [0.2, 0.25) is 5.91 Å². The van der Waals surface area contributed by atoms with Crippen LogP contribution >= 0.6 is 23.4 Å². The molecule has 4 bridgehead atoms. The van der Waals surface area contributed by atoms with Crippen LogP contribution in [-0.4, -0.2) is 36.4 Å². The molecule has 0 spiro atoms. The van der Waals surface area contributed by atoms with Gasteiger partial charge in [0, 0.05) is 6.54 Å². The molecule has 0 aliphatic heterocycles. The Morgan fingerprint density at radius 1 is 1.13 bits per heavy atom. The third-order valence-corrected chi connectivity index (χ3v) is 8.44. The highest BCUT2D eigenvalue weighted by molar-refractivity contribution is 7.98. The summed E-state index contributed by atoms with van der Waals surface area (Å²) < 4.78 is 0. The fraction of sp³-hybridized carbons (Fsp3) is 0.667. The molecule has 4 aliphatic carbocycles. The van der Waals surface area contributed by atoms with Crippen LogP contribution in [0.15, 0.2) is 24.3 Å². The zero-order chi connectivity index (χ0) is 21.1. The molecule has 0 saturated heterocycles. The number of hydrogen-bond donors (Lipinski definition) is 2. The van der Waals surface area contributed by atoms with Crippen molar-refractivity contribution in [3.8, 4) is 0 Å². The van der Waals surface area contributed by atoms with Crippen LogP contribution in [0.2, 0.25) is 5.02 Å². The summed E-state index contributed by atoms with van der Waals surface area (Å²) in [5.74, 6) is 3.23. The molecule has 4 saturated carbocycles. The Labute approximate surface area is 189 Å². The Bertz CT molecular complexity index is 749. The predicted molar refractivity (Wildman–Crippen MR) is 124 cm³/mol. The smallest absolute Gasteiger partial charge is 0.253 e. The van der Waals surface area contributed by atoms with Gasteiger partial charge in [-0.3, -0.25) is 9.59 Å². The highest BCUT2D eigenvalue weighted by Crippen LogP contribution is 2.61. The summed E-state index contributed by atoms with van der Waals surface area (Å²) in [5.41, 5.74) is 0.868. The zero-order valence-electron chi connectivity index (χ0n) is 17.8. The molecule has 4 fully saturated rings. The Morgan fingerprint density at radius 2 is 1.77 bits per heavy atom. The minimum Gasteiger partial charge on any atom is -0.354 e. The van der Waals surface area contributed by atoms with Crippen molar-refractivity contribution < 1.29 is 9.59 Å². The second-order valence-corrected chi connectivity index (χ2v) is 11.1. The molecule has 1 atom stereocenters. The van der Waals surface area contributed by atoms with E-state index in [4.69, 9.17) is 11.6 Å². The van der Waals surface area contributed by atoms with E-state index in [0.29, 0.717) is 29.0 Å².